The van der Waals surface area contributed by atoms with Gasteiger partial charge in [-0.15, -0.1) is 0 Å². The average molecular weight is 419 g/mol. The highest BCUT2D eigenvalue weighted by molar-refractivity contribution is 8.26. The molecule has 1 aromatic rings. The van der Waals surface area contributed by atoms with E-state index in [2.05, 4.69) is 0 Å². The predicted octanol–water partition coefficient (Wildman–Crippen LogP) is 4.08. The highest BCUT2D eigenvalue weighted by Gasteiger charge is 2.31. The third kappa shape index (κ3) is 5.35. The molecular formula is C21H26N2O3S2. The number of methoxy groups -OCH3 is 1. The van der Waals surface area contributed by atoms with Crippen molar-refractivity contribution in [3.8, 4) is 5.75 Å². The van der Waals surface area contributed by atoms with Gasteiger partial charge in [0.05, 0.1) is 12.0 Å². The summed E-state index contributed by atoms with van der Waals surface area (Å²) in [5, 5.41) is 0. The molecule has 2 saturated heterocycles. The molecule has 0 radical (unpaired) electrons. The quantitative estimate of drug-likeness (QED) is 0.515. The molecule has 2 aliphatic heterocycles. The lowest BCUT2D eigenvalue weighted by Gasteiger charge is -2.21. The van der Waals surface area contributed by atoms with Crippen molar-refractivity contribution in [2.45, 2.75) is 38.5 Å². The van der Waals surface area contributed by atoms with Crippen molar-refractivity contribution < 1.29 is 14.3 Å². The third-order valence-corrected chi connectivity index (χ3v) is 6.37. The SMILES string of the molecule is COc1cccc(/C=C2\SC(=S)N(CCCC(=O)N3CCCCCC3)C2=O)c1. The summed E-state index contributed by atoms with van der Waals surface area (Å²) in [6.07, 6.45) is 7.54. The second kappa shape index (κ2) is 10.1. The van der Waals surface area contributed by atoms with Gasteiger partial charge in [0.15, 0.2) is 0 Å². The smallest absolute Gasteiger partial charge is 0.266 e. The zero-order valence-electron chi connectivity index (χ0n) is 16.2. The zero-order valence-corrected chi connectivity index (χ0v) is 17.8. The van der Waals surface area contributed by atoms with E-state index >= 15 is 0 Å². The third-order valence-electron chi connectivity index (χ3n) is 5.00. The van der Waals surface area contributed by atoms with Gasteiger partial charge < -0.3 is 9.64 Å². The molecular weight excluding hydrogens is 392 g/mol. The van der Waals surface area contributed by atoms with Crippen LogP contribution in [0.1, 0.15) is 44.1 Å². The first-order valence-electron chi connectivity index (χ1n) is 9.75. The number of hydrogen-bond acceptors (Lipinski definition) is 5. The molecule has 2 amide bonds. The van der Waals surface area contributed by atoms with E-state index in [0.717, 1.165) is 37.2 Å². The summed E-state index contributed by atoms with van der Waals surface area (Å²) < 4.78 is 5.79. The Balaban J connectivity index is 1.54. The summed E-state index contributed by atoms with van der Waals surface area (Å²) in [5.41, 5.74) is 0.899. The summed E-state index contributed by atoms with van der Waals surface area (Å²) in [6.45, 7) is 2.21. The van der Waals surface area contributed by atoms with Crippen LogP contribution in [0.5, 0.6) is 5.75 Å². The van der Waals surface area contributed by atoms with Gasteiger partial charge in [0.2, 0.25) is 5.91 Å². The molecule has 2 aliphatic rings. The Morgan fingerprint density at radius 2 is 2.00 bits per heavy atom. The standard InChI is InChI=1S/C21H26N2O3S2/c1-26-17-9-6-8-16(14-17)15-18-20(25)23(21(27)28-18)13-7-10-19(24)22-11-4-2-3-5-12-22/h6,8-9,14-15H,2-5,7,10-13H2,1H3/b18-15-. The number of ether oxygens (including phenoxy) is 1. The van der Waals surface area contributed by atoms with Gasteiger partial charge in [-0.2, -0.15) is 0 Å². The molecule has 0 N–H and O–H groups in total. The fourth-order valence-corrected chi connectivity index (χ4v) is 4.75. The average Bonchev–Trinajstić information content (AvgIpc) is 2.90. The molecule has 7 heteroatoms. The number of nitrogens with zero attached hydrogens (tertiary/aromatic N) is 2. The molecule has 0 aromatic heterocycles. The number of carbonyl (C=O) groups is 2. The summed E-state index contributed by atoms with van der Waals surface area (Å²) in [4.78, 5) is 29.3. The van der Waals surface area contributed by atoms with Crippen LogP contribution in [0, 0.1) is 0 Å². The van der Waals surface area contributed by atoms with Crippen molar-refractivity contribution in [2.24, 2.45) is 0 Å². The van der Waals surface area contributed by atoms with Crippen LogP contribution in [0.15, 0.2) is 29.2 Å². The maximum atomic E-state index is 12.7. The molecule has 150 valence electrons. The molecule has 0 saturated carbocycles. The first kappa shape index (κ1) is 20.9. The Morgan fingerprint density at radius 1 is 1.25 bits per heavy atom. The van der Waals surface area contributed by atoms with Crippen LogP contribution < -0.4 is 4.74 Å². The highest BCUT2D eigenvalue weighted by atomic mass is 32.2. The molecule has 2 fully saturated rings. The largest absolute Gasteiger partial charge is 0.497 e. The van der Waals surface area contributed by atoms with Crippen molar-refractivity contribution >= 4 is 46.2 Å². The van der Waals surface area contributed by atoms with E-state index < -0.39 is 0 Å². The first-order chi connectivity index (χ1) is 13.6. The monoisotopic (exact) mass is 418 g/mol. The number of amides is 2. The van der Waals surface area contributed by atoms with E-state index in [1.807, 2.05) is 35.2 Å². The lowest BCUT2D eigenvalue weighted by atomic mass is 10.2. The van der Waals surface area contributed by atoms with Gasteiger partial charge in [-0.3, -0.25) is 14.5 Å². The van der Waals surface area contributed by atoms with Gasteiger partial charge in [0.25, 0.3) is 5.91 Å². The van der Waals surface area contributed by atoms with Gasteiger partial charge in [0, 0.05) is 26.1 Å². The van der Waals surface area contributed by atoms with E-state index in [4.69, 9.17) is 17.0 Å². The minimum atomic E-state index is -0.0833. The molecule has 0 aliphatic carbocycles. The predicted molar refractivity (Wildman–Crippen MR) is 117 cm³/mol. The number of carbonyl (C=O) groups excluding carboxylic acids is 2. The summed E-state index contributed by atoms with van der Waals surface area (Å²) in [5.74, 6) is 0.857. The molecule has 0 spiro atoms. The van der Waals surface area contributed by atoms with E-state index in [9.17, 15) is 9.59 Å². The molecule has 1 aromatic carbocycles. The zero-order chi connectivity index (χ0) is 19.9. The van der Waals surface area contributed by atoms with Crippen LogP contribution >= 0.6 is 24.0 Å². The van der Waals surface area contributed by atoms with Gasteiger partial charge >= 0.3 is 0 Å². The van der Waals surface area contributed by atoms with E-state index in [0.29, 0.717) is 28.6 Å². The maximum absolute atomic E-state index is 12.7. The van der Waals surface area contributed by atoms with Crippen LogP contribution in [0.25, 0.3) is 6.08 Å². The van der Waals surface area contributed by atoms with Crippen LogP contribution in [0.4, 0.5) is 0 Å². The van der Waals surface area contributed by atoms with Crippen LogP contribution in [0.2, 0.25) is 0 Å². The van der Waals surface area contributed by atoms with Crippen molar-refractivity contribution in [3.05, 3.63) is 34.7 Å². The summed E-state index contributed by atoms with van der Waals surface area (Å²) >= 11 is 6.70. The minimum absolute atomic E-state index is 0.0833. The molecule has 28 heavy (non-hydrogen) atoms. The fraction of sp³-hybridized carbons (Fsp3) is 0.476. The van der Waals surface area contributed by atoms with Crippen molar-refractivity contribution in [2.75, 3.05) is 26.7 Å². The molecule has 3 rings (SSSR count). The lowest BCUT2D eigenvalue weighted by Crippen LogP contribution is -2.33. The second-order valence-corrected chi connectivity index (χ2v) is 8.68. The van der Waals surface area contributed by atoms with Gasteiger partial charge in [-0.25, -0.2) is 0 Å². The topological polar surface area (TPSA) is 49.9 Å². The Hall–Kier alpha value is -1.86. The maximum Gasteiger partial charge on any atom is 0.266 e. The van der Waals surface area contributed by atoms with Crippen molar-refractivity contribution in [1.82, 2.24) is 9.80 Å². The Labute approximate surface area is 176 Å². The van der Waals surface area contributed by atoms with Crippen LogP contribution in [-0.4, -0.2) is 52.7 Å². The molecule has 5 nitrogen and oxygen atoms in total. The molecule has 0 atom stereocenters. The Bertz CT molecular complexity index is 771. The van der Waals surface area contributed by atoms with Crippen molar-refractivity contribution in [3.63, 3.8) is 0 Å². The van der Waals surface area contributed by atoms with Crippen LogP contribution in [0.3, 0.4) is 0 Å². The lowest BCUT2D eigenvalue weighted by molar-refractivity contribution is -0.131. The molecule has 0 unspecified atom stereocenters. The molecule has 0 bridgehead atoms. The Morgan fingerprint density at radius 3 is 2.71 bits per heavy atom. The minimum Gasteiger partial charge on any atom is -0.497 e. The number of benzene rings is 1. The van der Waals surface area contributed by atoms with E-state index in [1.165, 1.54) is 24.6 Å². The number of rotatable bonds is 6. The van der Waals surface area contributed by atoms with Crippen LogP contribution in [-0.2, 0) is 9.59 Å². The fourth-order valence-electron chi connectivity index (χ4n) is 3.44. The van der Waals surface area contributed by atoms with Gasteiger partial charge in [-0.1, -0.05) is 49.0 Å². The number of thiocarbonyl (C=S) groups is 1. The van der Waals surface area contributed by atoms with E-state index in [1.54, 1.807) is 12.0 Å². The number of thioether (sulfide) groups is 1. The number of hydrogen-bond donors (Lipinski definition) is 0. The Kier molecular flexibility index (Phi) is 7.50. The normalized spacial score (nSPS) is 19.2. The molecule has 2 heterocycles. The number of likely N-dealkylation sites (tertiary alicyclic amines) is 1. The second-order valence-electron chi connectivity index (χ2n) is 7.01. The van der Waals surface area contributed by atoms with Crippen molar-refractivity contribution in [1.29, 1.82) is 0 Å². The van der Waals surface area contributed by atoms with Gasteiger partial charge in [-0.05, 0) is 43.0 Å². The summed E-state index contributed by atoms with van der Waals surface area (Å²) in [7, 11) is 1.62. The van der Waals surface area contributed by atoms with E-state index in [-0.39, 0.29) is 11.8 Å². The highest BCUT2D eigenvalue weighted by Crippen LogP contribution is 2.33. The summed E-state index contributed by atoms with van der Waals surface area (Å²) in [6, 6.07) is 7.56. The van der Waals surface area contributed by atoms with Gasteiger partial charge in [0.1, 0.15) is 10.1 Å². The first-order valence-corrected chi connectivity index (χ1v) is 11.0.